The molecule has 3 heterocycles. The highest BCUT2D eigenvalue weighted by Crippen LogP contribution is 2.36. The molecule has 0 aromatic carbocycles. The molecule has 42 heavy (non-hydrogen) atoms. The van der Waals surface area contributed by atoms with E-state index in [2.05, 4.69) is 0 Å². The maximum Gasteiger partial charge on any atom is 0.287 e. The van der Waals surface area contributed by atoms with Gasteiger partial charge in [0.15, 0.2) is 12.1 Å². The topological polar surface area (TPSA) is 185 Å². The molecule has 12 nitrogen and oxygen atoms in total. The first-order valence-corrected chi connectivity index (χ1v) is 13.7. The van der Waals surface area contributed by atoms with E-state index in [9.17, 15) is 46.3 Å². The number of nitrogens with two attached hydrogens (primary N) is 2. The van der Waals surface area contributed by atoms with Crippen LogP contribution in [0.2, 0.25) is 0 Å². The van der Waals surface area contributed by atoms with Gasteiger partial charge in [0.2, 0.25) is 11.6 Å². The zero-order valence-electron chi connectivity index (χ0n) is 24.1. The number of likely N-dealkylation sites (tertiary alicyclic amines) is 1. The van der Waals surface area contributed by atoms with Crippen LogP contribution in [0.3, 0.4) is 0 Å². The van der Waals surface area contributed by atoms with Gasteiger partial charge in [-0.1, -0.05) is 0 Å². The summed E-state index contributed by atoms with van der Waals surface area (Å²) in [5, 5.41) is 3.68. The predicted molar refractivity (Wildman–Crippen MR) is 141 cm³/mol. The lowest BCUT2D eigenvalue weighted by molar-refractivity contribution is -0.152. The molecule has 0 radical (unpaired) electrons. The van der Waals surface area contributed by atoms with Gasteiger partial charge in [-0.25, -0.2) is 17.6 Å². The lowest BCUT2D eigenvalue weighted by atomic mass is 9.96. The largest absolute Gasteiger partial charge is 0.341 e. The highest BCUT2D eigenvalue weighted by Gasteiger charge is 2.50. The fourth-order valence-corrected chi connectivity index (χ4v) is 5.31. The second kappa shape index (κ2) is 13.9. The molecule has 4 atom stereocenters. The highest BCUT2D eigenvalue weighted by molar-refractivity contribution is 6.36. The summed E-state index contributed by atoms with van der Waals surface area (Å²) in [4.78, 5) is 71.8. The third-order valence-electron chi connectivity index (χ3n) is 7.57. The van der Waals surface area contributed by atoms with E-state index in [0.29, 0.717) is 39.5 Å². The maximum atomic E-state index is 13.8. The zero-order chi connectivity index (χ0) is 32.2. The third kappa shape index (κ3) is 9.18. The van der Waals surface area contributed by atoms with Gasteiger partial charge in [0.25, 0.3) is 35.5 Å². The minimum Gasteiger partial charge on any atom is -0.341 e. The summed E-state index contributed by atoms with van der Waals surface area (Å²) < 4.78 is 54.5. The Labute approximate surface area is 241 Å². The smallest absolute Gasteiger partial charge is 0.287 e. The number of alkyl halides is 4. The number of carbonyl (C=O) groups is 6. The van der Waals surface area contributed by atoms with Crippen molar-refractivity contribution in [2.75, 3.05) is 13.1 Å². The number of amides is 4. The molecule has 0 saturated carbocycles. The summed E-state index contributed by atoms with van der Waals surface area (Å²) >= 11 is 0. The molecule has 0 spiro atoms. The van der Waals surface area contributed by atoms with Crippen LogP contribution >= 0.6 is 0 Å². The molecule has 6 N–H and O–H groups in total. The number of ketones is 2. The molecule has 4 unspecified atom stereocenters. The van der Waals surface area contributed by atoms with Gasteiger partial charge in [-0.05, 0) is 38.5 Å². The van der Waals surface area contributed by atoms with Gasteiger partial charge in [0, 0.05) is 65.0 Å². The molecule has 3 aliphatic rings. The monoisotopic (exact) mass is 608 g/mol. The van der Waals surface area contributed by atoms with Crippen molar-refractivity contribution in [1.82, 2.24) is 20.4 Å². The van der Waals surface area contributed by atoms with Crippen LogP contribution in [-0.4, -0.2) is 106 Å². The SMILES string of the molecule is CC(=O)C(=O)NC(C(=O)N1C2CCC1CC(N)C2)C(C)(F)F.CC(=O)C(=O)NC(C(=O)N1CCC(N)CC1)C(C)(F)F. The van der Waals surface area contributed by atoms with Crippen LogP contribution in [0.1, 0.15) is 66.2 Å². The number of hydrogen-bond donors (Lipinski definition) is 4. The maximum absolute atomic E-state index is 13.8. The molecule has 16 heteroatoms. The number of nitrogens with one attached hydrogen (secondary N) is 2. The van der Waals surface area contributed by atoms with Crippen molar-refractivity contribution in [3.63, 3.8) is 0 Å². The summed E-state index contributed by atoms with van der Waals surface area (Å²) in [6.45, 7) is 3.54. The summed E-state index contributed by atoms with van der Waals surface area (Å²) in [6.07, 6.45) is 3.65. The number of Topliss-reactive ketones (excluding diaryl/α,β-unsaturated/α-hetero) is 2. The van der Waals surface area contributed by atoms with Crippen molar-refractivity contribution in [2.24, 2.45) is 11.5 Å². The van der Waals surface area contributed by atoms with Crippen molar-refractivity contribution < 1.29 is 46.3 Å². The molecule has 238 valence electrons. The Hall–Kier alpha value is -3.14. The fourth-order valence-electron chi connectivity index (χ4n) is 5.31. The molecule has 0 aromatic rings. The van der Waals surface area contributed by atoms with E-state index >= 15 is 0 Å². The number of nitrogens with zero attached hydrogens (tertiary/aromatic N) is 2. The van der Waals surface area contributed by atoms with Crippen LogP contribution in [-0.2, 0) is 28.8 Å². The Morgan fingerprint density at radius 3 is 1.43 bits per heavy atom. The van der Waals surface area contributed by atoms with E-state index in [4.69, 9.17) is 11.5 Å². The van der Waals surface area contributed by atoms with Gasteiger partial charge in [-0.15, -0.1) is 0 Å². The Balaban J connectivity index is 0.000000295. The van der Waals surface area contributed by atoms with Gasteiger partial charge in [-0.3, -0.25) is 28.8 Å². The number of fused-ring (bicyclic) bond motifs is 2. The van der Waals surface area contributed by atoms with Crippen molar-refractivity contribution in [1.29, 1.82) is 0 Å². The van der Waals surface area contributed by atoms with Crippen molar-refractivity contribution >= 4 is 35.2 Å². The Morgan fingerprint density at radius 1 is 0.690 bits per heavy atom. The molecule has 3 rings (SSSR count). The zero-order valence-corrected chi connectivity index (χ0v) is 24.1. The van der Waals surface area contributed by atoms with Crippen molar-refractivity contribution in [3.8, 4) is 0 Å². The molecular formula is C26H40F4N6O6. The van der Waals surface area contributed by atoms with Gasteiger partial charge >= 0.3 is 0 Å². The first-order valence-electron chi connectivity index (χ1n) is 13.7. The van der Waals surface area contributed by atoms with Crippen LogP contribution in [0, 0.1) is 0 Å². The van der Waals surface area contributed by atoms with E-state index in [1.54, 1.807) is 5.32 Å². The molecular weight excluding hydrogens is 568 g/mol. The van der Waals surface area contributed by atoms with Crippen LogP contribution in [0.5, 0.6) is 0 Å². The van der Waals surface area contributed by atoms with Crippen molar-refractivity contribution in [2.45, 2.75) is 114 Å². The van der Waals surface area contributed by atoms with E-state index in [1.165, 1.54) is 9.80 Å². The van der Waals surface area contributed by atoms with Crippen LogP contribution in [0.25, 0.3) is 0 Å². The highest BCUT2D eigenvalue weighted by atomic mass is 19.3. The molecule has 3 fully saturated rings. The van der Waals surface area contributed by atoms with Gasteiger partial charge in [-0.2, -0.15) is 0 Å². The fraction of sp³-hybridized carbons (Fsp3) is 0.769. The molecule has 2 bridgehead atoms. The minimum absolute atomic E-state index is 0.0334. The summed E-state index contributed by atoms with van der Waals surface area (Å²) in [5.74, 6) is -12.8. The first-order chi connectivity index (χ1) is 19.2. The lowest BCUT2D eigenvalue weighted by Crippen LogP contribution is -2.61. The number of piperidine rings is 2. The number of halogens is 4. The molecule has 0 aliphatic carbocycles. The average molecular weight is 609 g/mol. The standard InChI is InChI=1S/C14H21F2N3O3.C12H19F2N3O3/c1-7(20)12(21)18-11(14(2,15)16)13(22)19-9-3-4-10(19)6-8(17)5-9;1-7(18)10(19)16-9(12(2,13)14)11(20)17-5-3-8(15)4-6-17/h8-11H,3-6,17H2,1-2H3,(H,18,21);8-9H,3-6,15H2,1-2H3,(H,16,19). The number of carbonyl (C=O) groups excluding carboxylic acids is 6. The molecule has 4 amide bonds. The number of rotatable bonds is 8. The van der Waals surface area contributed by atoms with Gasteiger partial charge in [0.05, 0.1) is 0 Å². The predicted octanol–water partition coefficient (Wildman–Crippen LogP) is -0.139. The molecule has 0 aromatic heterocycles. The van der Waals surface area contributed by atoms with Gasteiger partial charge < -0.3 is 31.9 Å². The van der Waals surface area contributed by atoms with E-state index in [0.717, 1.165) is 26.7 Å². The van der Waals surface area contributed by atoms with E-state index < -0.39 is 59.1 Å². The first kappa shape index (κ1) is 35.1. The second-order valence-electron chi connectivity index (χ2n) is 11.4. The van der Waals surface area contributed by atoms with Crippen LogP contribution in [0.4, 0.5) is 17.6 Å². The Morgan fingerprint density at radius 2 is 1.07 bits per heavy atom. The van der Waals surface area contributed by atoms with Gasteiger partial charge in [0.1, 0.15) is 0 Å². The lowest BCUT2D eigenvalue weighted by Gasteiger charge is -2.40. The normalized spacial score (nSPS) is 24.1. The number of hydrogen-bond acceptors (Lipinski definition) is 8. The Bertz CT molecular complexity index is 1040. The third-order valence-corrected chi connectivity index (χ3v) is 7.57. The summed E-state index contributed by atoms with van der Waals surface area (Å²) in [6, 6.07) is -4.48. The quantitative estimate of drug-likeness (QED) is 0.217. The van der Waals surface area contributed by atoms with Crippen LogP contribution < -0.4 is 22.1 Å². The molecule has 3 aliphatic heterocycles. The summed E-state index contributed by atoms with van der Waals surface area (Å²) in [7, 11) is 0. The average Bonchev–Trinajstić information content (AvgIpc) is 3.14. The second-order valence-corrected chi connectivity index (χ2v) is 11.4. The van der Waals surface area contributed by atoms with E-state index in [-0.39, 0.29) is 37.3 Å². The minimum atomic E-state index is -3.46. The van der Waals surface area contributed by atoms with Crippen molar-refractivity contribution in [3.05, 3.63) is 0 Å². The summed E-state index contributed by atoms with van der Waals surface area (Å²) in [5.41, 5.74) is 11.6. The van der Waals surface area contributed by atoms with E-state index in [1.807, 2.05) is 5.32 Å². The van der Waals surface area contributed by atoms with Crippen LogP contribution in [0.15, 0.2) is 0 Å². The molecule has 3 saturated heterocycles. The Kier molecular flexibility index (Phi) is 11.6.